The van der Waals surface area contributed by atoms with Crippen LogP contribution < -0.4 is 0 Å². The predicted molar refractivity (Wildman–Crippen MR) is 126 cm³/mol. The molecule has 0 aromatic carbocycles. The average molecular weight is 417 g/mol. The monoisotopic (exact) mass is 416 g/mol. The number of carbonyl (C=O) groups excluding carboxylic acids is 2. The first-order chi connectivity index (χ1) is 14.0. The predicted octanol–water partition coefficient (Wildman–Crippen LogP) is 6.90. The summed E-state index contributed by atoms with van der Waals surface area (Å²) < 4.78 is 0. The lowest BCUT2D eigenvalue weighted by Crippen LogP contribution is -2.20. The van der Waals surface area contributed by atoms with Gasteiger partial charge in [-0.25, -0.2) is 0 Å². The highest BCUT2D eigenvalue weighted by molar-refractivity contribution is 5.72. The van der Waals surface area contributed by atoms with Crippen LogP contribution in [0.1, 0.15) is 106 Å². The maximum atomic E-state index is 10.5. The molecule has 2 aliphatic carbocycles. The Bertz CT molecular complexity index is 656. The molecule has 0 saturated heterocycles. The zero-order chi connectivity index (χ0) is 22.8. The van der Waals surface area contributed by atoms with Gasteiger partial charge in [-0.3, -0.25) is 4.79 Å². The molecular weight excluding hydrogens is 372 g/mol. The summed E-state index contributed by atoms with van der Waals surface area (Å²) in [6, 6.07) is 0. The van der Waals surface area contributed by atoms with Gasteiger partial charge >= 0.3 is 0 Å². The highest BCUT2D eigenvalue weighted by Crippen LogP contribution is 2.41. The van der Waals surface area contributed by atoms with Crippen molar-refractivity contribution in [3.63, 3.8) is 0 Å². The van der Waals surface area contributed by atoms with E-state index < -0.39 is 5.60 Å². The van der Waals surface area contributed by atoms with Gasteiger partial charge in [0.25, 0.3) is 0 Å². The minimum absolute atomic E-state index is 0.253. The summed E-state index contributed by atoms with van der Waals surface area (Å²) in [6.45, 7) is 12.4. The van der Waals surface area contributed by atoms with Gasteiger partial charge in [0.05, 0.1) is 5.60 Å². The first-order valence-electron chi connectivity index (χ1n) is 11.6. The second-order valence-electron chi connectivity index (χ2n) is 10.5. The molecule has 1 unspecified atom stereocenters. The van der Waals surface area contributed by atoms with E-state index in [0.29, 0.717) is 5.41 Å². The summed E-state index contributed by atoms with van der Waals surface area (Å²) in [4.78, 5) is 21.1. The van der Waals surface area contributed by atoms with E-state index in [-0.39, 0.29) is 5.92 Å². The Kier molecular flexibility index (Phi) is 11.0. The van der Waals surface area contributed by atoms with Crippen LogP contribution in [0.25, 0.3) is 0 Å². The van der Waals surface area contributed by atoms with Gasteiger partial charge in [-0.05, 0) is 103 Å². The SMILES string of the molecule is CC(C)(O)CCCC1=CCC(C=O)CC1.CC(C=O)=CCC1=C(C)CCCC1(C)C. The molecule has 0 aromatic heterocycles. The van der Waals surface area contributed by atoms with E-state index in [4.69, 9.17) is 0 Å². The van der Waals surface area contributed by atoms with Gasteiger partial charge in [-0.1, -0.05) is 42.7 Å². The Hall–Kier alpha value is -1.48. The van der Waals surface area contributed by atoms with Gasteiger partial charge in [0.1, 0.15) is 12.6 Å². The fourth-order valence-electron chi connectivity index (χ4n) is 4.44. The molecule has 0 bridgehead atoms. The second kappa shape index (κ2) is 12.4. The first kappa shape index (κ1) is 26.6. The molecule has 1 N–H and O–H groups in total. The highest BCUT2D eigenvalue weighted by Gasteiger charge is 2.27. The number of hydrogen-bond acceptors (Lipinski definition) is 3. The fraction of sp³-hybridized carbons (Fsp3) is 0.704. The van der Waals surface area contributed by atoms with Gasteiger partial charge < -0.3 is 9.90 Å². The summed E-state index contributed by atoms with van der Waals surface area (Å²) in [6.07, 6.45) is 17.0. The molecule has 2 aliphatic rings. The van der Waals surface area contributed by atoms with E-state index in [1.54, 1.807) is 0 Å². The number of allylic oxidation sites excluding steroid dienone is 6. The highest BCUT2D eigenvalue weighted by atomic mass is 16.3. The van der Waals surface area contributed by atoms with Crippen molar-refractivity contribution < 1.29 is 14.7 Å². The molecule has 1 atom stereocenters. The number of aliphatic hydroxyl groups is 1. The lowest BCUT2D eigenvalue weighted by molar-refractivity contribution is -0.111. The standard InChI is InChI=1S/C14H22O.C13H22O2/c1-11(10-15)7-8-13-12(2)6-5-9-14(13,3)4;1-13(2,15)9-3-4-11-5-7-12(10-14)8-6-11/h7,10H,5-6,8-9H2,1-4H3;5,10,12,15H,3-4,6-9H2,1-2H3. The van der Waals surface area contributed by atoms with E-state index in [1.807, 2.05) is 20.8 Å². The van der Waals surface area contributed by atoms with E-state index in [9.17, 15) is 14.7 Å². The third-order valence-corrected chi connectivity index (χ3v) is 6.52. The molecule has 3 nitrogen and oxygen atoms in total. The molecule has 0 amide bonds. The van der Waals surface area contributed by atoms with Crippen molar-refractivity contribution in [3.8, 4) is 0 Å². The molecule has 0 fully saturated rings. The molecule has 0 radical (unpaired) electrons. The molecule has 0 spiro atoms. The third-order valence-electron chi connectivity index (χ3n) is 6.52. The summed E-state index contributed by atoms with van der Waals surface area (Å²) in [5.41, 5.74) is 5.16. The van der Waals surface area contributed by atoms with Gasteiger partial charge in [0.2, 0.25) is 0 Å². The van der Waals surface area contributed by atoms with E-state index in [2.05, 4.69) is 32.9 Å². The Morgan fingerprint density at radius 3 is 2.47 bits per heavy atom. The van der Waals surface area contributed by atoms with Crippen molar-refractivity contribution in [2.75, 3.05) is 0 Å². The van der Waals surface area contributed by atoms with Crippen molar-refractivity contribution in [2.24, 2.45) is 11.3 Å². The lowest BCUT2D eigenvalue weighted by atomic mass is 9.71. The number of aldehydes is 2. The minimum Gasteiger partial charge on any atom is -0.390 e. The normalized spacial score (nSPS) is 22.0. The summed E-state index contributed by atoms with van der Waals surface area (Å²) in [5.74, 6) is 0.253. The van der Waals surface area contributed by atoms with Gasteiger partial charge in [0.15, 0.2) is 0 Å². The largest absolute Gasteiger partial charge is 0.390 e. The van der Waals surface area contributed by atoms with E-state index >= 15 is 0 Å². The van der Waals surface area contributed by atoms with Crippen molar-refractivity contribution in [3.05, 3.63) is 34.4 Å². The van der Waals surface area contributed by atoms with Crippen LogP contribution in [-0.4, -0.2) is 23.3 Å². The van der Waals surface area contributed by atoms with E-state index in [0.717, 1.165) is 63.1 Å². The van der Waals surface area contributed by atoms with Crippen LogP contribution in [0, 0.1) is 11.3 Å². The van der Waals surface area contributed by atoms with Gasteiger partial charge in [0, 0.05) is 5.92 Å². The Labute approximate surface area is 184 Å². The van der Waals surface area contributed by atoms with Crippen LogP contribution in [0.5, 0.6) is 0 Å². The molecule has 0 saturated carbocycles. The second-order valence-corrected chi connectivity index (χ2v) is 10.5. The molecule has 30 heavy (non-hydrogen) atoms. The smallest absolute Gasteiger partial charge is 0.145 e. The average Bonchev–Trinajstić information content (AvgIpc) is 2.67. The van der Waals surface area contributed by atoms with Crippen LogP contribution in [0.15, 0.2) is 34.4 Å². The quantitative estimate of drug-likeness (QED) is 0.266. The Balaban J connectivity index is 0.000000300. The molecule has 170 valence electrons. The van der Waals surface area contributed by atoms with Crippen LogP contribution >= 0.6 is 0 Å². The number of hydrogen-bond donors (Lipinski definition) is 1. The van der Waals surface area contributed by atoms with Crippen LogP contribution in [-0.2, 0) is 9.59 Å². The lowest BCUT2D eigenvalue weighted by Gasteiger charge is -2.34. The molecule has 0 aliphatic heterocycles. The van der Waals surface area contributed by atoms with Gasteiger partial charge in [-0.2, -0.15) is 0 Å². The number of carbonyl (C=O) groups is 2. The summed E-state index contributed by atoms with van der Waals surface area (Å²) in [5, 5.41) is 9.56. The third kappa shape index (κ3) is 10.0. The van der Waals surface area contributed by atoms with Crippen molar-refractivity contribution in [1.82, 2.24) is 0 Å². The summed E-state index contributed by atoms with van der Waals surface area (Å²) in [7, 11) is 0. The van der Waals surface area contributed by atoms with Crippen LogP contribution in [0.4, 0.5) is 0 Å². The fourth-order valence-corrected chi connectivity index (χ4v) is 4.44. The zero-order valence-corrected chi connectivity index (χ0v) is 20.2. The summed E-state index contributed by atoms with van der Waals surface area (Å²) >= 11 is 0. The molecule has 0 aromatic rings. The maximum Gasteiger partial charge on any atom is 0.145 e. The Morgan fingerprint density at radius 1 is 1.27 bits per heavy atom. The Morgan fingerprint density at radius 2 is 1.97 bits per heavy atom. The topological polar surface area (TPSA) is 54.4 Å². The van der Waals surface area contributed by atoms with Crippen LogP contribution in [0.2, 0.25) is 0 Å². The van der Waals surface area contributed by atoms with Crippen molar-refractivity contribution >= 4 is 12.6 Å². The molecule has 3 heteroatoms. The first-order valence-corrected chi connectivity index (χ1v) is 11.6. The molecule has 0 heterocycles. The molecular formula is C27H44O3. The maximum absolute atomic E-state index is 10.5. The van der Waals surface area contributed by atoms with Crippen molar-refractivity contribution in [1.29, 1.82) is 0 Å². The van der Waals surface area contributed by atoms with Crippen molar-refractivity contribution in [2.45, 2.75) is 111 Å². The van der Waals surface area contributed by atoms with Gasteiger partial charge in [-0.15, -0.1) is 0 Å². The minimum atomic E-state index is -0.541. The van der Waals surface area contributed by atoms with E-state index in [1.165, 1.54) is 36.0 Å². The number of rotatable bonds is 8. The van der Waals surface area contributed by atoms with Crippen LogP contribution in [0.3, 0.4) is 0 Å². The zero-order valence-electron chi connectivity index (χ0n) is 20.2. The molecule has 2 rings (SSSR count).